The predicted octanol–water partition coefficient (Wildman–Crippen LogP) is 7.29. The van der Waals surface area contributed by atoms with Crippen LogP contribution >= 0.6 is 23.2 Å². The Labute approximate surface area is 249 Å². The van der Waals surface area contributed by atoms with E-state index in [1.165, 1.54) is 11.1 Å². The van der Waals surface area contributed by atoms with Crippen LogP contribution in [0.5, 0.6) is 0 Å². The summed E-state index contributed by atoms with van der Waals surface area (Å²) in [4.78, 5) is 32.5. The molecule has 0 unspecified atom stereocenters. The lowest BCUT2D eigenvalue weighted by Gasteiger charge is -2.47. The summed E-state index contributed by atoms with van der Waals surface area (Å²) in [5.41, 5.74) is 1.84. The van der Waals surface area contributed by atoms with Gasteiger partial charge in [-0.2, -0.15) is 0 Å². The van der Waals surface area contributed by atoms with Crippen LogP contribution < -0.4 is 0 Å². The quantitative estimate of drug-likeness (QED) is 0.356. The number of amides is 2. The first-order valence-corrected chi connectivity index (χ1v) is 15.2. The van der Waals surface area contributed by atoms with Crippen molar-refractivity contribution in [2.45, 2.75) is 71.6 Å². The molecule has 4 rings (SSSR count). The molecule has 8 heteroatoms. The molecule has 0 saturated carbocycles. The van der Waals surface area contributed by atoms with Crippen molar-refractivity contribution in [1.29, 1.82) is 0 Å². The summed E-state index contributed by atoms with van der Waals surface area (Å²) in [5, 5.41) is 1.43. The molecule has 0 spiro atoms. The Morgan fingerprint density at radius 1 is 0.875 bits per heavy atom. The summed E-state index contributed by atoms with van der Waals surface area (Å²) in [7, 11) is 0. The zero-order valence-corrected chi connectivity index (χ0v) is 25.9. The second-order valence-corrected chi connectivity index (χ2v) is 13.4. The summed E-state index contributed by atoms with van der Waals surface area (Å²) in [6.07, 6.45) is 1.92. The normalized spacial score (nSPS) is 19.4. The Kier molecular flexibility index (Phi) is 10.1. The Balaban J connectivity index is 1.42. The third kappa shape index (κ3) is 7.92. The minimum Gasteiger partial charge on any atom is -0.444 e. The lowest BCUT2D eigenvalue weighted by molar-refractivity contribution is -0.139. The smallest absolute Gasteiger partial charge is 0.410 e. The lowest BCUT2D eigenvalue weighted by Crippen LogP contribution is -2.58. The fourth-order valence-corrected chi connectivity index (χ4v) is 6.11. The molecular weight excluding hydrogens is 545 g/mol. The van der Waals surface area contributed by atoms with Gasteiger partial charge in [-0.15, -0.1) is 0 Å². The zero-order valence-electron chi connectivity index (χ0n) is 24.4. The van der Waals surface area contributed by atoms with E-state index in [1.807, 2.05) is 45.0 Å². The van der Waals surface area contributed by atoms with Gasteiger partial charge in [0.1, 0.15) is 5.60 Å². The first-order chi connectivity index (χ1) is 18.9. The maximum absolute atomic E-state index is 13.6. The molecule has 218 valence electrons. The highest BCUT2D eigenvalue weighted by Crippen LogP contribution is 2.34. The van der Waals surface area contributed by atoms with Crippen LogP contribution in [0.15, 0.2) is 48.5 Å². The van der Waals surface area contributed by atoms with Crippen LogP contribution in [0, 0.1) is 11.8 Å². The average molecular weight is 589 g/mol. The predicted molar refractivity (Wildman–Crippen MR) is 162 cm³/mol. The van der Waals surface area contributed by atoms with Crippen LogP contribution in [0.1, 0.15) is 71.0 Å². The topological polar surface area (TPSA) is 53.1 Å². The molecule has 2 aromatic rings. The van der Waals surface area contributed by atoms with E-state index in [0.717, 1.165) is 25.9 Å². The monoisotopic (exact) mass is 587 g/mol. The molecule has 2 aliphatic heterocycles. The standard InChI is InChI=1S/C32H43Cl2N3O3/c1-22(2)28-21-36(30(24-6-10-26(33)11-7-24)25-8-12-27(34)13-9-25)18-19-37(28)29(38)20-23-14-16-35(17-15-23)31(39)40-32(3,4)5/h6-13,22-23,28,30H,14-21H2,1-5H3/t28-/m1/s1. The van der Waals surface area contributed by atoms with Crippen molar-refractivity contribution < 1.29 is 14.3 Å². The molecule has 0 N–H and O–H groups in total. The maximum Gasteiger partial charge on any atom is 0.410 e. The third-order valence-electron chi connectivity index (χ3n) is 8.01. The second kappa shape index (κ2) is 13.1. The Morgan fingerprint density at radius 2 is 1.40 bits per heavy atom. The number of piperazine rings is 1. The molecule has 2 aliphatic rings. The molecular formula is C32H43Cl2N3O3. The molecule has 1 atom stereocenters. The highest BCUT2D eigenvalue weighted by atomic mass is 35.5. The second-order valence-electron chi connectivity index (χ2n) is 12.5. The van der Waals surface area contributed by atoms with Crippen molar-refractivity contribution in [1.82, 2.24) is 14.7 Å². The Hall–Kier alpha value is -2.28. The number of nitrogens with zero attached hydrogens (tertiary/aromatic N) is 3. The summed E-state index contributed by atoms with van der Waals surface area (Å²) in [6, 6.07) is 16.3. The van der Waals surface area contributed by atoms with Gasteiger partial charge in [0.2, 0.25) is 5.91 Å². The van der Waals surface area contributed by atoms with E-state index in [4.69, 9.17) is 27.9 Å². The van der Waals surface area contributed by atoms with Gasteiger partial charge in [-0.25, -0.2) is 4.79 Å². The fraction of sp³-hybridized carbons (Fsp3) is 0.562. The number of piperidine rings is 1. The first kappa shape index (κ1) is 30.7. The van der Waals surface area contributed by atoms with Gasteiger partial charge in [-0.3, -0.25) is 9.69 Å². The molecule has 2 saturated heterocycles. The number of carbonyl (C=O) groups is 2. The van der Waals surface area contributed by atoms with Gasteiger partial charge in [-0.05, 0) is 80.8 Å². The van der Waals surface area contributed by atoms with E-state index in [1.54, 1.807) is 4.90 Å². The molecule has 2 fully saturated rings. The fourth-order valence-electron chi connectivity index (χ4n) is 5.86. The Morgan fingerprint density at radius 3 is 1.88 bits per heavy atom. The highest BCUT2D eigenvalue weighted by Gasteiger charge is 2.37. The summed E-state index contributed by atoms with van der Waals surface area (Å²) in [5.74, 6) is 0.827. The number of hydrogen-bond acceptors (Lipinski definition) is 4. The zero-order chi connectivity index (χ0) is 29.0. The van der Waals surface area contributed by atoms with E-state index in [-0.39, 0.29) is 30.0 Å². The van der Waals surface area contributed by atoms with Crippen LogP contribution in [-0.2, 0) is 9.53 Å². The minimum atomic E-state index is -0.502. The van der Waals surface area contributed by atoms with Crippen molar-refractivity contribution in [3.05, 3.63) is 69.7 Å². The van der Waals surface area contributed by atoms with Gasteiger partial charge in [0.05, 0.1) is 6.04 Å². The lowest BCUT2D eigenvalue weighted by atomic mass is 9.90. The number of ether oxygens (including phenoxy) is 1. The van der Waals surface area contributed by atoms with Crippen molar-refractivity contribution in [2.75, 3.05) is 32.7 Å². The minimum absolute atomic E-state index is 0.0465. The molecule has 6 nitrogen and oxygen atoms in total. The van der Waals surface area contributed by atoms with E-state index in [2.05, 4.69) is 47.9 Å². The van der Waals surface area contributed by atoms with Crippen LogP contribution in [-0.4, -0.2) is 71.1 Å². The molecule has 0 aliphatic carbocycles. The van der Waals surface area contributed by atoms with E-state index in [0.29, 0.717) is 42.0 Å². The maximum atomic E-state index is 13.6. The van der Waals surface area contributed by atoms with Gasteiger partial charge in [0.15, 0.2) is 0 Å². The van der Waals surface area contributed by atoms with Crippen molar-refractivity contribution in [2.24, 2.45) is 11.8 Å². The van der Waals surface area contributed by atoms with E-state index in [9.17, 15) is 9.59 Å². The average Bonchev–Trinajstić information content (AvgIpc) is 2.90. The molecule has 0 bridgehead atoms. The first-order valence-electron chi connectivity index (χ1n) is 14.4. The summed E-state index contributed by atoms with van der Waals surface area (Å²) in [6.45, 7) is 13.6. The SMILES string of the molecule is CC(C)[C@H]1CN(C(c2ccc(Cl)cc2)c2ccc(Cl)cc2)CCN1C(=O)CC1CCN(C(=O)OC(C)(C)C)CC1. The summed E-state index contributed by atoms with van der Waals surface area (Å²) >= 11 is 12.4. The van der Waals surface area contributed by atoms with Gasteiger partial charge < -0.3 is 14.5 Å². The van der Waals surface area contributed by atoms with Gasteiger partial charge in [0.25, 0.3) is 0 Å². The number of rotatable bonds is 6. The van der Waals surface area contributed by atoms with Gasteiger partial charge in [0, 0.05) is 55.2 Å². The van der Waals surface area contributed by atoms with Gasteiger partial charge >= 0.3 is 6.09 Å². The Bertz CT molecular complexity index is 1090. The molecule has 2 amide bonds. The third-order valence-corrected chi connectivity index (χ3v) is 8.51. The van der Waals surface area contributed by atoms with Crippen LogP contribution in [0.2, 0.25) is 10.0 Å². The van der Waals surface area contributed by atoms with Crippen LogP contribution in [0.3, 0.4) is 0 Å². The largest absolute Gasteiger partial charge is 0.444 e. The number of benzene rings is 2. The van der Waals surface area contributed by atoms with E-state index < -0.39 is 5.60 Å². The van der Waals surface area contributed by atoms with Crippen LogP contribution in [0.25, 0.3) is 0 Å². The number of halogens is 2. The molecule has 2 aromatic carbocycles. The molecule has 2 heterocycles. The molecule has 0 radical (unpaired) electrons. The number of carbonyl (C=O) groups excluding carboxylic acids is 2. The molecule has 40 heavy (non-hydrogen) atoms. The highest BCUT2D eigenvalue weighted by molar-refractivity contribution is 6.30. The number of likely N-dealkylation sites (tertiary alicyclic amines) is 1. The van der Waals surface area contributed by atoms with E-state index >= 15 is 0 Å². The van der Waals surface area contributed by atoms with Crippen molar-refractivity contribution >= 4 is 35.2 Å². The van der Waals surface area contributed by atoms with Gasteiger partial charge in [-0.1, -0.05) is 61.3 Å². The van der Waals surface area contributed by atoms with Crippen molar-refractivity contribution in [3.63, 3.8) is 0 Å². The molecule has 0 aromatic heterocycles. The van der Waals surface area contributed by atoms with Crippen LogP contribution in [0.4, 0.5) is 4.79 Å². The van der Waals surface area contributed by atoms with Crippen molar-refractivity contribution in [3.8, 4) is 0 Å². The number of hydrogen-bond donors (Lipinski definition) is 0. The summed E-state index contributed by atoms with van der Waals surface area (Å²) < 4.78 is 5.53.